The monoisotopic (exact) mass is 396 g/mol. The standard InChI is InChI=1S/C17H11Cl3N2OS/c18-12-5-2-1-4-10(12)15-9-24-17(21-15)22-16(23)8-11-13(19)6-3-7-14(11)20/h1-7,9H,8H2,(H,21,22,23). The maximum Gasteiger partial charge on any atom is 0.230 e. The molecule has 0 aliphatic rings. The topological polar surface area (TPSA) is 42.0 Å². The van der Waals surface area contributed by atoms with Crippen LogP contribution in [-0.4, -0.2) is 10.9 Å². The van der Waals surface area contributed by atoms with E-state index in [4.69, 9.17) is 34.8 Å². The SMILES string of the molecule is O=C(Cc1c(Cl)cccc1Cl)Nc1nc(-c2ccccc2Cl)cs1. The van der Waals surface area contributed by atoms with Gasteiger partial charge in [0.05, 0.1) is 12.1 Å². The number of rotatable bonds is 4. The molecule has 2 aromatic carbocycles. The fourth-order valence-corrected chi connectivity index (χ4v) is 3.64. The third kappa shape index (κ3) is 3.90. The van der Waals surface area contributed by atoms with Crippen molar-refractivity contribution >= 4 is 57.2 Å². The summed E-state index contributed by atoms with van der Waals surface area (Å²) in [5.74, 6) is -0.231. The zero-order valence-corrected chi connectivity index (χ0v) is 15.3. The molecule has 0 spiro atoms. The van der Waals surface area contributed by atoms with Crippen LogP contribution in [0, 0.1) is 0 Å². The minimum absolute atomic E-state index is 0.0829. The second kappa shape index (κ2) is 7.53. The molecule has 0 saturated heterocycles. The second-order valence-electron chi connectivity index (χ2n) is 4.94. The highest BCUT2D eigenvalue weighted by Crippen LogP contribution is 2.30. The Bertz CT molecular complexity index is 875. The van der Waals surface area contributed by atoms with Crippen molar-refractivity contribution in [1.82, 2.24) is 4.98 Å². The molecule has 0 unspecified atom stereocenters. The molecule has 0 aliphatic carbocycles. The number of nitrogens with one attached hydrogen (secondary N) is 1. The van der Waals surface area contributed by atoms with E-state index in [-0.39, 0.29) is 12.3 Å². The molecule has 122 valence electrons. The predicted octanol–water partition coefficient (Wildman–Crippen LogP) is 5.95. The van der Waals surface area contributed by atoms with E-state index in [1.165, 1.54) is 11.3 Å². The Morgan fingerprint density at radius 1 is 1.00 bits per heavy atom. The summed E-state index contributed by atoms with van der Waals surface area (Å²) in [5.41, 5.74) is 2.14. The Morgan fingerprint density at radius 2 is 1.67 bits per heavy atom. The van der Waals surface area contributed by atoms with Gasteiger partial charge in [-0.15, -0.1) is 11.3 Å². The van der Waals surface area contributed by atoms with E-state index in [0.29, 0.717) is 25.8 Å². The van der Waals surface area contributed by atoms with E-state index < -0.39 is 0 Å². The molecule has 24 heavy (non-hydrogen) atoms. The van der Waals surface area contributed by atoms with Gasteiger partial charge in [-0.05, 0) is 23.8 Å². The van der Waals surface area contributed by atoms with Crippen LogP contribution in [0.5, 0.6) is 0 Å². The Kier molecular flexibility index (Phi) is 5.41. The third-order valence-corrected chi connectivity index (χ3v) is 5.09. The van der Waals surface area contributed by atoms with Gasteiger partial charge in [-0.3, -0.25) is 4.79 Å². The van der Waals surface area contributed by atoms with Crippen molar-refractivity contribution in [2.75, 3.05) is 5.32 Å². The van der Waals surface area contributed by atoms with E-state index in [1.54, 1.807) is 24.3 Å². The molecule has 0 saturated carbocycles. The Morgan fingerprint density at radius 3 is 2.38 bits per heavy atom. The maximum absolute atomic E-state index is 12.2. The highest BCUT2D eigenvalue weighted by atomic mass is 35.5. The van der Waals surface area contributed by atoms with Crippen molar-refractivity contribution in [3.05, 3.63) is 68.5 Å². The lowest BCUT2D eigenvalue weighted by Crippen LogP contribution is -2.14. The zero-order chi connectivity index (χ0) is 17.1. The van der Waals surface area contributed by atoms with Crippen LogP contribution in [0.15, 0.2) is 47.8 Å². The molecule has 1 N–H and O–H groups in total. The quantitative estimate of drug-likeness (QED) is 0.591. The van der Waals surface area contributed by atoms with Crippen molar-refractivity contribution in [3.63, 3.8) is 0 Å². The first kappa shape index (κ1) is 17.2. The summed E-state index contributed by atoms with van der Waals surface area (Å²) in [6.07, 6.45) is 0.0829. The molecule has 7 heteroatoms. The normalized spacial score (nSPS) is 10.6. The number of carbonyl (C=O) groups excluding carboxylic acids is 1. The van der Waals surface area contributed by atoms with Crippen LogP contribution >= 0.6 is 46.1 Å². The number of halogens is 3. The maximum atomic E-state index is 12.2. The molecule has 0 radical (unpaired) electrons. The molecule has 0 fully saturated rings. The van der Waals surface area contributed by atoms with Gasteiger partial charge in [0.25, 0.3) is 0 Å². The van der Waals surface area contributed by atoms with Crippen LogP contribution in [0.25, 0.3) is 11.3 Å². The van der Waals surface area contributed by atoms with E-state index in [2.05, 4.69) is 10.3 Å². The third-order valence-electron chi connectivity index (χ3n) is 3.30. The van der Waals surface area contributed by atoms with Gasteiger partial charge in [-0.25, -0.2) is 4.98 Å². The van der Waals surface area contributed by atoms with Crippen molar-refractivity contribution < 1.29 is 4.79 Å². The van der Waals surface area contributed by atoms with E-state index in [9.17, 15) is 4.79 Å². The number of thiazole rings is 1. The van der Waals surface area contributed by atoms with E-state index in [1.807, 2.05) is 23.6 Å². The van der Waals surface area contributed by atoms with Gasteiger partial charge in [-0.1, -0.05) is 59.1 Å². The molecule has 0 bridgehead atoms. The van der Waals surface area contributed by atoms with Crippen LogP contribution < -0.4 is 5.32 Å². The van der Waals surface area contributed by atoms with Crippen molar-refractivity contribution in [1.29, 1.82) is 0 Å². The summed E-state index contributed by atoms with van der Waals surface area (Å²) < 4.78 is 0. The van der Waals surface area contributed by atoms with Crippen molar-refractivity contribution in [2.24, 2.45) is 0 Å². The molecule has 3 aromatic rings. The number of hydrogen-bond donors (Lipinski definition) is 1. The number of aromatic nitrogens is 1. The average molecular weight is 398 g/mol. The van der Waals surface area contributed by atoms with Gasteiger partial charge in [-0.2, -0.15) is 0 Å². The first-order valence-electron chi connectivity index (χ1n) is 6.98. The number of amides is 1. The van der Waals surface area contributed by atoms with Crippen LogP contribution in [-0.2, 0) is 11.2 Å². The molecule has 0 aliphatic heterocycles. The summed E-state index contributed by atoms with van der Waals surface area (Å²) in [5, 5.41) is 6.65. The van der Waals surface area contributed by atoms with Gasteiger partial charge in [0.2, 0.25) is 5.91 Å². The van der Waals surface area contributed by atoms with Gasteiger partial charge in [0.1, 0.15) is 0 Å². The van der Waals surface area contributed by atoms with Crippen molar-refractivity contribution in [2.45, 2.75) is 6.42 Å². The van der Waals surface area contributed by atoms with Gasteiger partial charge >= 0.3 is 0 Å². The molecular weight excluding hydrogens is 387 g/mol. The average Bonchev–Trinajstić information content (AvgIpc) is 3.00. The summed E-state index contributed by atoms with van der Waals surface area (Å²) in [7, 11) is 0. The van der Waals surface area contributed by atoms with E-state index >= 15 is 0 Å². The fourth-order valence-electron chi connectivity index (χ4n) is 2.15. The first-order chi connectivity index (χ1) is 11.5. The number of nitrogens with zero attached hydrogens (tertiary/aromatic N) is 1. The van der Waals surface area contributed by atoms with E-state index in [0.717, 1.165) is 11.3 Å². The molecule has 1 amide bonds. The summed E-state index contributed by atoms with van der Waals surface area (Å²) >= 11 is 19.7. The molecule has 3 rings (SSSR count). The summed E-state index contributed by atoms with van der Waals surface area (Å²) in [6.45, 7) is 0. The molecule has 3 nitrogen and oxygen atoms in total. The van der Waals surface area contributed by atoms with Crippen LogP contribution in [0.3, 0.4) is 0 Å². The second-order valence-corrected chi connectivity index (χ2v) is 7.02. The van der Waals surface area contributed by atoms with Crippen LogP contribution in [0.2, 0.25) is 15.1 Å². The molecular formula is C17H11Cl3N2OS. The fraction of sp³-hybridized carbons (Fsp3) is 0.0588. The predicted molar refractivity (Wildman–Crippen MR) is 101 cm³/mol. The highest BCUT2D eigenvalue weighted by Gasteiger charge is 2.13. The Hall–Kier alpha value is -1.59. The van der Waals surface area contributed by atoms with Gasteiger partial charge in [0, 0.05) is 26.0 Å². The lowest BCUT2D eigenvalue weighted by Gasteiger charge is -2.06. The summed E-state index contributed by atoms with van der Waals surface area (Å²) in [6, 6.07) is 12.6. The smallest absolute Gasteiger partial charge is 0.230 e. The summed E-state index contributed by atoms with van der Waals surface area (Å²) in [4.78, 5) is 16.6. The van der Waals surface area contributed by atoms with Gasteiger partial charge in [0.15, 0.2) is 5.13 Å². The van der Waals surface area contributed by atoms with Crippen LogP contribution in [0.1, 0.15) is 5.56 Å². The Labute approximate surface area is 158 Å². The Balaban J connectivity index is 1.73. The lowest BCUT2D eigenvalue weighted by atomic mass is 10.1. The number of anilines is 1. The van der Waals surface area contributed by atoms with Crippen LogP contribution in [0.4, 0.5) is 5.13 Å². The highest BCUT2D eigenvalue weighted by molar-refractivity contribution is 7.14. The first-order valence-corrected chi connectivity index (χ1v) is 8.99. The molecule has 1 aromatic heterocycles. The van der Waals surface area contributed by atoms with Crippen molar-refractivity contribution in [3.8, 4) is 11.3 Å². The zero-order valence-electron chi connectivity index (χ0n) is 12.2. The lowest BCUT2D eigenvalue weighted by molar-refractivity contribution is -0.115. The molecule has 0 atom stereocenters. The minimum Gasteiger partial charge on any atom is -0.302 e. The van der Waals surface area contributed by atoms with Gasteiger partial charge < -0.3 is 5.32 Å². The number of hydrogen-bond acceptors (Lipinski definition) is 3. The molecule has 1 heterocycles. The minimum atomic E-state index is -0.231. The largest absolute Gasteiger partial charge is 0.302 e. The number of carbonyl (C=O) groups is 1. The number of benzene rings is 2.